The number of hydrogen-bond acceptors (Lipinski definition) is 3. The van der Waals surface area contributed by atoms with Gasteiger partial charge in [-0.1, -0.05) is 42.5 Å². The lowest BCUT2D eigenvalue weighted by Crippen LogP contribution is -2.34. The minimum Gasteiger partial charge on any atom is -0.479 e. The van der Waals surface area contributed by atoms with Crippen molar-refractivity contribution in [1.82, 2.24) is 9.78 Å². The third-order valence-corrected chi connectivity index (χ3v) is 5.41. The maximum atomic E-state index is 11.3. The van der Waals surface area contributed by atoms with Crippen molar-refractivity contribution in [2.45, 2.75) is 51.4 Å². The quantitative estimate of drug-likeness (QED) is 0.731. The molecule has 1 atom stereocenters. The first-order chi connectivity index (χ1) is 13.0. The van der Waals surface area contributed by atoms with E-state index in [-0.39, 0.29) is 12.6 Å². The molecular weight excluding hydrogens is 340 g/mol. The number of carboxylic acid groups (broad SMARTS) is 1. The molecule has 4 rings (SSSR count). The number of aliphatic carboxylic acids is 1. The number of nitrogens with zero attached hydrogens (tertiary/aromatic N) is 2. The van der Waals surface area contributed by atoms with Crippen LogP contribution in [0.5, 0.6) is 0 Å². The molecule has 2 aromatic carbocycles. The Bertz CT molecular complexity index is 990. The fourth-order valence-corrected chi connectivity index (χ4v) is 3.79. The summed E-state index contributed by atoms with van der Waals surface area (Å²) in [5.41, 5.74) is 3.31. The number of carboxylic acids is 1. The van der Waals surface area contributed by atoms with Crippen LogP contribution in [0.15, 0.2) is 48.5 Å². The predicted molar refractivity (Wildman–Crippen MR) is 104 cm³/mol. The van der Waals surface area contributed by atoms with Gasteiger partial charge in [-0.3, -0.25) is 4.68 Å². The van der Waals surface area contributed by atoms with E-state index in [2.05, 4.69) is 35.0 Å². The van der Waals surface area contributed by atoms with Crippen molar-refractivity contribution in [2.75, 3.05) is 0 Å². The van der Waals surface area contributed by atoms with E-state index in [1.165, 1.54) is 11.1 Å². The number of aromatic nitrogens is 2. The van der Waals surface area contributed by atoms with E-state index in [9.17, 15) is 9.90 Å². The Labute approximate surface area is 158 Å². The number of hydrogen-bond donors (Lipinski definition) is 1. The fraction of sp³-hybridized carbons (Fsp3) is 0.364. The summed E-state index contributed by atoms with van der Waals surface area (Å²) >= 11 is 0. The standard InChI is InChI=1S/C22H24N2O3/c1-22(2,21(25)26)27-14-18-17-11-5-6-12-20(17)24(23-18)19-13-7-9-15-8-3-4-10-16(15)19/h3-6,8,10-12,19H,7,9,13-14H2,1-2H3,(H,25,26). The van der Waals surface area contributed by atoms with Crippen LogP contribution in [-0.4, -0.2) is 26.5 Å². The van der Waals surface area contributed by atoms with Crippen LogP contribution in [0.25, 0.3) is 10.9 Å². The average molecular weight is 364 g/mol. The number of benzene rings is 2. The molecule has 0 radical (unpaired) electrons. The Balaban J connectivity index is 1.74. The molecule has 140 valence electrons. The van der Waals surface area contributed by atoms with E-state index in [1.807, 2.05) is 18.2 Å². The zero-order valence-electron chi connectivity index (χ0n) is 15.7. The van der Waals surface area contributed by atoms with Gasteiger partial charge in [-0.05, 0) is 50.3 Å². The van der Waals surface area contributed by atoms with Gasteiger partial charge in [0.2, 0.25) is 0 Å². The maximum absolute atomic E-state index is 11.3. The number of ether oxygens (including phenoxy) is 1. The van der Waals surface area contributed by atoms with E-state index < -0.39 is 11.6 Å². The molecule has 1 aliphatic rings. The van der Waals surface area contributed by atoms with E-state index >= 15 is 0 Å². The molecule has 0 spiro atoms. The summed E-state index contributed by atoms with van der Waals surface area (Å²) in [5.74, 6) is -0.979. The van der Waals surface area contributed by atoms with Gasteiger partial charge in [0.05, 0.1) is 23.9 Å². The SMILES string of the molecule is CC(C)(OCc1nn(C2CCCc3ccccc32)c2ccccc12)C(=O)O. The average Bonchev–Trinajstić information content (AvgIpc) is 3.04. The molecule has 0 amide bonds. The van der Waals surface area contributed by atoms with Gasteiger partial charge in [0.1, 0.15) is 0 Å². The number of para-hydroxylation sites is 1. The Morgan fingerprint density at radius 3 is 2.78 bits per heavy atom. The highest BCUT2D eigenvalue weighted by atomic mass is 16.5. The first-order valence-electron chi connectivity index (χ1n) is 9.38. The predicted octanol–water partition coefficient (Wildman–Crippen LogP) is 4.34. The second kappa shape index (κ2) is 6.82. The van der Waals surface area contributed by atoms with Crippen LogP contribution in [-0.2, 0) is 22.6 Å². The van der Waals surface area contributed by atoms with Crippen LogP contribution in [0, 0.1) is 0 Å². The van der Waals surface area contributed by atoms with Crippen LogP contribution in [0.2, 0.25) is 0 Å². The van der Waals surface area contributed by atoms with Gasteiger partial charge < -0.3 is 9.84 Å². The molecule has 5 nitrogen and oxygen atoms in total. The molecule has 5 heteroatoms. The largest absolute Gasteiger partial charge is 0.479 e. The van der Waals surface area contributed by atoms with Crippen LogP contribution in [0.1, 0.15) is 49.6 Å². The molecular formula is C22H24N2O3. The van der Waals surface area contributed by atoms with Crippen molar-refractivity contribution in [1.29, 1.82) is 0 Å². The summed E-state index contributed by atoms with van der Waals surface area (Å²) in [6, 6.07) is 16.9. The van der Waals surface area contributed by atoms with Crippen molar-refractivity contribution in [3.63, 3.8) is 0 Å². The maximum Gasteiger partial charge on any atom is 0.335 e. The summed E-state index contributed by atoms with van der Waals surface area (Å²) in [5, 5.41) is 15.2. The lowest BCUT2D eigenvalue weighted by Gasteiger charge is -2.26. The van der Waals surface area contributed by atoms with Gasteiger partial charge in [0.15, 0.2) is 5.60 Å². The van der Waals surface area contributed by atoms with Gasteiger partial charge in [-0.25, -0.2) is 4.79 Å². The van der Waals surface area contributed by atoms with Crippen LogP contribution in [0.4, 0.5) is 0 Å². The molecule has 0 fully saturated rings. The molecule has 0 aliphatic heterocycles. The van der Waals surface area contributed by atoms with Crippen molar-refractivity contribution >= 4 is 16.9 Å². The van der Waals surface area contributed by atoms with E-state index in [1.54, 1.807) is 13.8 Å². The second-order valence-corrected chi connectivity index (χ2v) is 7.62. The summed E-state index contributed by atoms with van der Waals surface area (Å²) in [7, 11) is 0. The monoisotopic (exact) mass is 364 g/mol. The molecule has 1 heterocycles. The topological polar surface area (TPSA) is 64.4 Å². The Morgan fingerprint density at radius 2 is 1.96 bits per heavy atom. The lowest BCUT2D eigenvalue weighted by atomic mass is 9.88. The number of fused-ring (bicyclic) bond motifs is 2. The molecule has 27 heavy (non-hydrogen) atoms. The Kier molecular flexibility index (Phi) is 4.48. The van der Waals surface area contributed by atoms with E-state index in [0.717, 1.165) is 35.9 Å². The summed E-state index contributed by atoms with van der Waals surface area (Å²) in [6.45, 7) is 3.29. The zero-order valence-corrected chi connectivity index (χ0v) is 15.7. The number of rotatable bonds is 5. The number of carbonyl (C=O) groups is 1. The minimum absolute atomic E-state index is 0.168. The van der Waals surface area contributed by atoms with Gasteiger partial charge in [0, 0.05) is 5.39 Å². The van der Waals surface area contributed by atoms with Gasteiger partial charge in [-0.2, -0.15) is 5.10 Å². The first kappa shape index (κ1) is 17.7. The van der Waals surface area contributed by atoms with Crippen LogP contribution < -0.4 is 0 Å². The molecule has 1 aromatic heterocycles. The van der Waals surface area contributed by atoms with Crippen LogP contribution in [0.3, 0.4) is 0 Å². The van der Waals surface area contributed by atoms with Crippen molar-refractivity contribution in [3.05, 3.63) is 65.4 Å². The molecule has 1 N–H and O–H groups in total. The van der Waals surface area contributed by atoms with Gasteiger partial charge in [-0.15, -0.1) is 0 Å². The van der Waals surface area contributed by atoms with Crippen molar-refractivity contribution < 1.29 is 14.6 Å². The van der Waals surface area contributed by atoms with E-state index in [4.69, 9.17) is 9.84 Å². The van der Waals surface area contributed by atoms with Crippen LogP contribution >= 0.6 is 0 Å². The summed E-state index contributed by atoms with van der Waals surface area (Å²) in [6.07, 6.45) is 3.28. The molecule has 1 unspecified atom stereocenters. The Hall–Kier alpha value is -2.66. The number of aryl methyl sites for hydroxylation is 1. The molecule has 0 saturated carbocycles. The molecule has 0 saturated heterocycles. The highest BCUT2D eigenvalue weighted by Crippen LogP contribution is 2.35. The second-order valence-electron chi connectivity index (χ2n) is 7.62. The first-order valence-corrected chi connectivity index (χ1v) is 9.38. The summed E-state index contributed by atoms with van der Waals surface area (Å²) < 4.78 is 7.78. The van der Waals surface area contributed by atoms with Crippen molar-refractivity contribution in [3.8, 4) is 0 Å². The molecule has 0 bridgehead atoms. The smallest absolute Gasteiger partial charge is 0.335 e. The highest BCUT2D eigenvalue weighted by Gasteiger charge is 2.29. The Morgan fingerprint density at radius 1 is 1.22 bits per heavy atom. The van der Waals surface area contributed by atoms with Gasteiger partial charge >= 0.3 is 5.97 Å². The lowest BCUT2D eigenvalue weighted by molar-refractivity contribution is -0.162. The molecule has 3 aromatic rings. The molecule has 1 aliphatic carbocycles. The fourth-order valence-electron chi connectivity index (χ4n) is 3.79. The summed E-state index contributed by atoms with van der Waals surface area (Å²) in [4.78, 5) is 11.3. The third kappa shape index (κ3) is 3.23. The minimum atomic E-state index is -1.25. The van der Waals surface area contributed by atoms with Gasteiger partial charge in [0.25, 0.3) is 0 Å². The third-order valence-electron chi connectivity index (χ3n) is 5.41. The zero-order chi connectivity index (χ0) is 19.0. The highest BCUT2D eigenvalue weighted by molar-refractivity contribution is 5.82. The van der Waals surface area contributed by atoms with E-state index in [0.29, 0.717) is 0 Å². The van der Waals surface area contributed by atoms with Crippen molar-refractivity contribution in [2.24, 2.45) is 0 Å². The normalized spacial score (nSPS) is 17.0.